The van der Waals surface area contributed by atoms with E-state index in [1.807, 2.05) is 6.07 Å². The maximum absolute atomic E-state index is 11.2. The molecule has 0 unspecified atom stereocenters. The van der Waals surface area contributed by atoms with Crippen LogP contribution < -0.4 is 0 Å². The number of rotatable bonds is 2. The van der Waals surface area contributed by atoms with Crippen molar-refractivity contribution in [2.75, 3.05) is 0 Å². The topological polar surface area (TPSA) is 33.2 Å². The van der Waals surface area contributed by atoms with Gasteiger partial charge >= 0.3 is 0 Å². The van der Waals surface area contributed by atoms with E-state index in [4.69, 9.17) is 0 Å². The Balaban J connectivity index is 2.27. The first-order chi connectivity index (χ1) is 7.08. The zero-order valence-corrected chi connectivity index (χ0v) is 9.45. The van der Waals surface area contributed by atoms with E-state index >= 15 is 0 Å². The van der Waals surface area contributed by atoms with Crippen molar-refractivity contribution >= 4 is 5.78 Å². The molecule has 0 aromatic carbocycles. The summed E-state index contributed by atoms with van der Waals surface area (Å²) in [5.41, 5.74) is 3.05. The lowest BCUT2D eigenvalue weighted by Gasteiger charge is -2.18. The first-order valence-electron chi connectivity index (χ1n) is 5.30. The van der Waals surface area contributed by atoms with E-state index < -0.39 is 0 Å². The molecule has 1 aliphatic rings. The summed E-state index contributed by atoms with van der Waals surface area (Å²) in [6, 6.07) is 2.51. The number of aromatic nitrogens is 1. The van der Waals surface area contributed by atoms with E-state index in [9.17, 15) is 4.79 Å². The molecule has 80 valence electrons. The predicted octanol–water partition coefficient (Wildman–Crippen LogP) is 2.01. The van der Waals surface area contributed by atoms with E-state index in [1.165, 1.54) is 5.56 Å². The van der Waals surface area contributed by atoms with Gasteiger partial charge in [0.25, 0.3) is 0 Å². The molecule has 1 aromatic rings. The van der Waals surface area contributed by atoms with Gasteiger partial charge in [-0.1, -0.05) is 0 Å². The van der Waals surface area contributed by atoms with Gasteiger partial charge in [0.1, 0.15) is 0 Å². The minimum atomic E-state index is 0.0910. The maximum Gasteiger partial charge on any atom is 0.161 e. The number of carbonyl (C=O) groups is 1. The van der Waals surface area contributed by atoms with Crippen molar-refractivity contribution in [1.29, 1.82) is 0 Å². The molecule has 2 rings (SSSR count). The second-order valence-electron chi connectivity index (χ2n) is 4.38. The Hall–Kier alpha value is -1.22. The van der Waals surface area contributed by atoms with E-state index in [-0.39, 0.29) is 5.78 Å². The van der Waals surface area contributed by atoms with Crippen LogP contribution in [0, 0.1) is 0 Å². The van der Waals surface area contributed by atoms with Crippen LogP contribution >= 0.6 is 0 Å². The van der Waals surface area contributed by atoms with Crippen LogP contribution in [0.2, 0.25) is 0 Å². The highest BCUT2D eigenvalue weighted by molar-refractivity contribution is 5.93. The normalized spacial score (nSPS) is 15.7. The third-order valence-corrected chi connectivity index (χ3v) is 2.92. The smallest absolute Gasteiger partial charge is 0.161 e. The number of carbonyl (C=O) groups excluding carboxylic acids is 1. The molecule has 2 heterocycles. The number of hydrogen-bond acceptors (Lipinski definition) is 3. The molecule has 1 aromatic heterocycles. The van der Waals surface area contributed by atoms with Gasteiger partial charge in [-0.15, -0.1) is 0 Å². The van der Waals surface area contributed by atoms with Crippen molar-refractivity contribution in [2.45, 2.75) is 39.9 Å². The lowest BCUT2D eigenvalue weighted by Crippen LogP contribution is -2.24. The third-order valence-electron chi connectivity index (χ3n) is 2.92. The summed E-state index contributed by atoms with van der Waals surface area (Å²) in [7, 11) is 0. The highest BCUT2D eigenvalue weighted by Crippen LogP contribution is 2.23. The fourth-order valence-electron chi connectivity index (χ4n) is 1.84. The van der Waals surface area contributed by atoms with Crippen molar-refractivity contribution < 1.29 is 4.79 Å². The fourth-order valence-corrected chi connectivity index (χ4v) is 1.84. The Morgan fingerprint density at radius 3 is 2.80 bits per heavy atom. The number of Topliss-reactive ketones (excluding diaryl/α,β-unsaturated/α-hetero) is 1. The maximum atomic E-state index is 11.2. The van der Waals surface area contributed by atoms with Crippen molar-refractivity contribution in [3.05, 3.63) is 29.1 Å². The summed E-state index contributed by atoms with van der Waals surface area (Å²) in [4.78, 5) is 17.9. The highest BCUT2D eigenvalue weighted by Gasteiger charge is 2.22. The molecule has 0 radical (unpaired) electrons. The minimum Gasteiger partial charge on any atom is -0.294 e. The van der Waals surface area contributed by atoms with Gasteiger partial charge in [-0.25, -0.2) is 0 Å². The molecule has 0 saturated carbocycles. The van der Waals surface area contributed by atoms with Crippen LogP contribution in [0.3, 0.4) is 0 Å². The van der Waals surface area contributed by atoms with Crippen LogP contribution in [0.5, 0.6) is 0 Å². The van der Waals surface area contributed by atoms with Gasteiger partial charge in [-0.2, -0.15) is 0 Å². The molecule has 0 aliphatic carbocycles. The zero-order valence-electron chi connectivity index (χ0n) is 9.45. The van der Waals surface area contributed by atoms with Crippen molar-refractivity contribution in [3.63, 3.8) is 0 Å². The average molecular weight is 204 g/mol. The van der Waals surface area contributed by atoms with Crippen LogP contribution in [0.4, 0.5) is 0 Å². The van der Waals surface area contributed by atoms with E-state index in [1.54, 1.807) is 13.1 Å². The Labute approximate surface area is 90.1 Å². The lowest BCUT2D eigenvalue weighted by atomic mass is 10.1. The lowest BCUT2D eigenvalue weighted by molar-refractivity contribution is 0.101. The second-order valence-corrected chi connectivity index (χ2v) is 4.38. The predicted molar refractivity (Wildman–Crippen MR) is 58.6 cm³/mol. The molecule has 3 heteroatoms. The third kappa shape index (κ3) is 1.92. The standard InChI is InChI=1S/C12H16N2O/c1-8(2)14-6-11-4-10(9(3)15)5-13-12(11)7-14/h4-5,8H,6-7H2,1-3H3. The van der Waals surface area contributed by atoms with Gasteiger partial charge in [0.2, 0.25) is 0 Å². The van der Waals surface area contributed by atoms with Crippen LogP contribution in [0.1, 0.15) is 42.4 Å². The summed E-state index contributed by atoms with van der Waals surface area (Å²) < 4.78 is 0. The second kappa shape index (κ2) is 3.74. The molecule has 1 aliphatic heterocycles. The number of fused-ring (bicyclic) bond motifs is 1. The number of nitrogens with zero attached hydrogens (tertiary/aromatic N) is 2. The van der Waals surface area contributed by atoms with Crippen molar-refractivity contribution in [1.82, 2.24) is 9.88 Å². The van der Waals surface area contributed by atoms with Crippen molar-refractivity contribution in [2.24, 2.45) is 0 Å². The summed E-state index contributed by atoms with van der Waals surface area (Å²) in [6.45, 7) is 7.76. The van der Waals surface area contributed by atoms with Crippen LogP contribution in [-0.2, 0) is 13.1 Å². The molecule has 0 fully saturated rings. The van der Waals surface area contributed by atoms with Crippen LogP contribution in [-0.4, -0.2) is 21.7 Å². The first-order valence-corrected chi connectivity index (χ1v) is 5.30. The molecule has 0 bridgehead atoms. The molecular weight excluding hydrogens is 188 g/mol. The molecule has 0 spiro atoms. The van der Waals surface area contributed by atoms with Gasteiger partial charge in [-0.05, 0) is 32.4 Å². The molecule has 0 N–H and O–H groups in total. The van der Waals surface area contributed by atoms with Gasteiger partial charge in [0, 0.05) is 30.9 Å². The minimum absolute atomic E-state index is 0.0910. The largest absolute Gasteiger partial charge is 0.294 e. The van der Waals surface area contributed by atoms with Gasteiger partial charge < -0.3 is 0 Å². The summed E-state index contributed by atoms with van der Waals surface area (Å²) >= 11 is 0. The van der Waals surface area contributed by atoms with Crippen LogP contribution in [0.25, 0.3) is 0 Å². The quantitative estimate of drug-likeness (QED) is 0.691. The monoisotopic (exact) mass is 204 g/mol. The Morgan fingerprint density at radius 2 is 2.20 bits per heavy atom. The first kappa shape index (κ1) is 10.3. The van der Waals surface area contributed by atoms with Gasteiger partial charge in [0.05, 0.1) is 5.69 Å². The molecular formula is C12H16N2O. The number of hydrogen-bond donors (Lipinski definition) is 0. The average Bonchev–Trinajstić information content (AvgIpc) is 2.59. The Bertz CT molecular complexity index is 399. The fraction of sp³-hybridized carbons (Fsp3) is 0.500. The summed E-state index contributed by atoms with van der Waals surface area (Å²) in [6.07, 6.45) is 1.69. The van der Waals surface area contributed by atoms with Gasteiger partial charge in [0.15, 0.2) is 5.78 Å². The molecule has 3 nitrogen and oxygen atoms in total. The van der Waals surface area contributed by atoms with E-state index in [0.717, 1.165) is 24.3 Å². The van der Waals surface area contributed by atoms with E-state index in [0.29, 0.717) is 6.04 Å². The Morgan fingerprint density at radius 1 is 1.47 bits per heavy atom. The molecule has 0 amide bonds. The molecule has 15 heavy (non-hydrogen) atoms. The Kier molecular flexibility index (Phi) is 2.57. The summed E-state index contributed by atoms with van der Waals surface area (Å²) in [5.74, 6) is 0.0910. The SMILES string of the molecule is CC(=O)c1cnc2c(c1)CN(C(C)C)C2. The zero-order chi connectivity index (χ0) is 11.0. The molecule has 0 saturated heterocycles. The van der Waals surface area contributed by atoms with Gasteiger partial charge in [-0.3, -0.25) is 14.7 Å². The van der Waals surface area contributed by atoms with Crippen molar-refractivity contribution in [3.8, 4) is 0 Å². The number of pyridine rings is 1. The summed E-state index contributed by atoms with van der Waals surface area (Å²) in [5, 5.41) is 0. The number of ketones is 1. The van der Waals surface area contributed by atoms with Crippen LogP contribution in [0.15, 0.2) is 12.3 Å². The van der Waals surface area contributed by atoms with E-state index in [2.05, 4.69) is 23.7 Å². The molecule has 0 atom stereocenters. The highest BCUT2D eigenvalue weighted by atomic mass is 16.1.